The molecule has 0 bridgehead atoms. The SMILES string of the molecule is CCCC1CCC(C2CCC(N3C(=O)C=CC3=O)CC2)C(C)C1. The Labute approximate surface area is 140 Å². The van der Waals surface area contributed by atoms with Crippen molar-refractivity contribution in [2.24, 2.45) is 23.7 Å². The van der Waals surface area contributed by atoms with E-state index < -0.39 is 0 Å². The number of carbonyl (C=O) groups excluding carboxylic acids is 2. The van der Waals surface area contributed by atoms with Gasteiger partial charge in [-0.05, 0) is 62.2 Å². The van der Waals surface area contributed by atoms with Crippen molar-refractivity contribution in [3.8, 4) is 0 Å². The summed E-state index contributed by atoms with van der Waals surface area (Å²) in [5, 5.41) is 0. The van der Waals surface area contributed by atoms with Crippen LogP contribution in [-0.4, -0.2) is 22.8 Å². The zero-order valence-electron chi connectivity index (χ0n) is 14.7. The van der Waals surface area contributed by atoms with Crippen molar-refractivity contribution < 1.29 is 9.59 Å². The van der Waals surface area contributed by atoms with Gasteiger partial charge in [0.05, 0.1) is 0 Å². The Bertz CT molecular complexity index is 458. The van der Waals surface area contributed by atoms with E-state index in [2.05, 4.69) is 13.8 Å². The zero-order valence-corrected chi connectivity index (χ0v) is 14.7. The van der Waals surface area contributed by atoms with Crippen molar-refractivity contribution in [3.63, 3.8) is 0 Å². The highest BCUT2D eigenvalue weighted by Gasteiger charge is 2.38. The van der Waals surface area contributed by atoms with Crippen LogP contribution < -0.4 is 0 Å². The Kier molecular flexibility index (Phi) is 5.23. The molecule has 3 atom stereocenters. The van der Waals surface area contributed by atoms with Gasteiger partial charge in [0.25, 0.3) is 11.8 Å². The van der Waals surface area contributed by atoms with E-state index >= 15 is 0 Å². The molecule has 2 aliphatic carbocycles. The first kappa shape index (κ1) is 16.7. The lowest BCUT2D eigenvalue weighted by molar-refractivity contribution is -0.140. The fourth-order valence-corrected chi connectivity index (χ4v) is 5.46. The van der Waals surface area contributed by atoms with Gasteiger partial charge >= 0.3 is 0 Å². The minimum absolute atomic E-state index is 0.105. The first-order valence-electron chi connectivity index (χ1n) is 9.65. The molecule has 0 aromatic rings. The van der Waals surface area contributed by atoms with Crippen LogP contribution in [0.25, 0.3) is 0 Å². The van der Waals surface area contributed by atoms with Gasteiger partial charge in [-0.1, -0.05) is 33.1 Å². The Balaban J connectivity index is 1.51. The summed E-state index contributed by atoms with van der Waals surface area (Å²) in [5.41, 5.74) is 0. The molecule has 3 heteroatoms. The number of rotatable bonds is 4. The molecule has 0 aromatic heterocycles. The number of imide groups is 1. The van der Waals surface area contributed by atoms with Gasteiger partial charge in [-0.3, -0.25) is 14.5 Å². The maximum Gasteiger partial charge on any atom is 0.253 e. The highest BCUT2D eigenvalue weighted by molar-refractivity contribution is 6.13. The highest BCUT2D eigenvalue weighted by Crippen LogP contribution is 2.44. The van der Waals surface area contributed by atoms with Crippen LogP contribution in [0.1, 0.15) is 71.6 Å². The minimum Gasteiger partial charge on any atom is -0.272 e. The molecule has 3 rings (SSSR count). The van der Waals surface area contributed by atoms with Gasteiger partial charge in [0.1, 0.15) is 0 Å². The molecule has 3 unspecified atom stereocenters. The molecule has 0 N–H and O–H groups in total. The van der Waals surface area contributed by atoms with E-state index in [4.69, 9.17) is 0 Å². The summed E-state index contributed by atoms with van der Waals surface area (Å²) >= 11 is 0. The van der Waals surface area contributed by atoms with Gasteiger partial charge in [-0.25, -0.2) is 0 Å². The Morgan fingerprint density at radius 2 is 1.65 bits per heavy atom. The first-order chi connectivity index (χ1) is 11.1. The minimum atomic E-state index is -0.105. The van der Waals surface area contributed by atoms with E-state index in [9.17, 15) is 9.59 Å². The van der Waals surface area contributed by atoms with Crippen LogP contribution in [0.3, 0.4) is 0 Å². The summed E-state index contributed by atoms with van der Waals surface area (Å²) in [6.45, 7) is 4.75. The summed E-state index contributed by atoms with van der Waals surface area (Å²) in [7, 11) is 0. The molecule has 2 amide bonds. The van der Waals surface area contributed by atoms with Crippen LogP contribution in [0.4, 0.5) is 0 Å². The van der Waals surface area contributed by atoms with Crippen LogP contribution in [0, 0.1) is 23.7 Å². The third-order valence-corrected chi connectivity index (χ3v) is 6.60. The smallest absolute Gasteiger partial charge is 0.253 e. The second-order valence-corrected chi connectivity index (χ2v) is 8.06. The van der Waals surface area contributed by atoms with Crippen molar-refractivity contribution in [1.29, 1.82) is 0 Å². The van der Waals surface area contributed by atoms with Crippen LogP contribution in [0.5, 0.6) is 0 Å². The van der Waals surface area contributed by atoms with Gasteiger partial charge in [-0.2, -0.15) is 0 Å². The number of nitrogens with zero attached hydrogens (tertiary/aromatic N) is 1. The number of carbonyl (C=O) groups is 2. The van der Waals surface area contributed by atoms with E-state index in [1.165, 1.54) is 62.0 Å². The fraction of sp³-hybridized carbons (Fsp3) is 0.800. The lowest BCUT2D eigenvalue weighted by Crippen LogP contribution is -2.43. The molecule has 0 aromatic carbocycles. The van der Waals surface area contributed by atoms with Crippen LogP contribution in [0.15, 0.2) is 12.2 Å². The lowest BCUT2D eigenvalue weighted by atomic mass is 9.65. The van der Waals surface area contributed by atoms with Crippen molar-refractivity contribution in [2.75, 3.05) is 0 Å². The predicted octanol–water partition coefficient (Wildman–Crippen LogP) is 4.32. The molecule has 1 aliphatic heterocycles. The van der Waals surface area contributed by atoms with Crippen molar-refractivity contribution in [3.05, 3.63) is 12.2 Å². The van der Waals surface area contributed by atoms with Gasteiger partial charge in [0.15, 0.2) is 0 Å². The molecule has 3 nitrogen and oxygen atoms in total. The number of hydrogen-bond acceptors (Lipinski definition) is 2. The number of amides is 2. The first-order valence-corrected chi connectivity index (χ1v) is 9.65. The molecule has 128 valence electrons. The van der Waals surface area contributed by atoms with E-state index in [1.807, 2.05) is 0 Å². The maximum atomic E-state index is 11.8. The highest BCUT2D eigenvalue weighted by atomic mass is 16.2. The van der Waals surface area contributed by atoms with E-state index in [0.717, 1.165) is 36.5 Å². The average molecular weight is 317 g/mol. The molecule has 23 heavy (non-hydrogen) atoms. The lowest BCUT2D eigenvalue weighted by Gasteiger charge is -2.42. The van der Waals surface area contributed by atoms with Gasteiger partial charge in [-0.15, -0.1) is 0 Å². The van der Waals surface area contributed by atoms with Crippen molar-refractivity contribution in [2.45, 2.75) is 77.7 Å². The average Bonchev–Trinajstić information content (AvgIpc) is 2.87. The van der Waals surface area contributed by atoms with Crippen molar-refractivity contribution in [1.82, 2.24) is 4.90 Å². The fourth-order valence-electron chi connectivity index (χ4n) is 5.46. The summed E-state index contributed by atoms with van der Waals surface area (Å²) in [5.74, 6) is 3.27. The molecule has 0 radical (unpaired) electrons. The van der Waals surface area contributed by atoms with Crippen LogP contribution in [0.2, 0.25) is 0 Å². The predicted molar refractivity (Wildman–Crippen MR) is 91.6 cm³/mol. The third-order valence-electron chi connectivity index (χ3n) is 6.60. The summed E-state index contributed by atoms with van der Waals surface area (Å²) in [6.07, 6.45) is 14.2. The maximum absolute atomic E-state index is 11.8. The van der Waals surface area contributed by atoms with Crippen molar-refractivity contribution >= 4 is 11.8 Å². The van der Waals surface area contributed by atoms with E-state index in [-0.39, 0.29) is 17.9 Å². The van der Waals surface area contributed by atoms with Crippen LogP contribution in [-0.2, 0) is 9.59 Å². The summed E-state index contributed by atoms with van der Waals surface area (Å²) in [6, 6.07) is 0.146. The Morgan fingerprint density at radius 1 is 1.00 bits per heavy atom. The van der Waals surface area contributed by atoms with E-state index in [0.29, 0.717) is 0 Å². The quantitative estimate of drug-likeness (QED) is 0.724. The normalized spacial score (nSPS) is 38.3. The van der Waals surface area contributed by atoms with Gasteiger partial charge in [0.2, 0.25) is 0 Å². The second kappa shape index (κ2) is 7.19. The zero-order chi connectivity index (χ0) is 16.4. The molecule has 3 aliphatic rings. The second-order valence-electron chi connectivity index (χ2n) is 8.06. The molecular formula is C20H31NO2. The monoisotopic (exact) mass is 317 g/mol. The molecule has 2 fully saturated rings. The van der Waals surface area contributed by atoms with E-state index in [1.54, 1.807) is 0 Å². The third kappa shape index (κ3) is 3.54. The molecular weight excluding hydrogens is 286 g/mol. The largest absolute Gasteiger partial charge is 0.272 e. The summed E-state index contributed by atoms with van der Waals surface area (Å²) in [4.78, 5) is 25.2. The Hall–Kier alpha value is -1.12. The number of hydrogen-bond donors (Lipinski definition) is 0. The van der Waals surface area contributed by atoms with Gasteiger partial charge in [0, 0.05) is 18.2 Å². The van der Waals surface area contributed by atoms with Crippen LogP contribution >= 0.6 is 0 Å². The molecule has 0 saturated heterocycles. The Morgan fingerprint density at radius 3 is 2.22 bits per heavy atom. The van der Waals surface area contributed by atoms with Gasteiger partial charge < -0.3 is 0 Å². The molecule has 0 spiro atoms. The molecule has 1 heterocycles. The standard InChI is InChI=1S/C20H31NO2/c1-3-4-15-5-10-18(14(2)13-15)16-6-8-17(9-7-16)21-19(22)11-12-20(21)23/h11-12,14-18H,3-10,13H2,1-2H3. The summed E-state index contributed by atoms with van der Waals surface area (Å²) < 4.78 is 0. The molecule has 2 saturated carbocycles. The topological polar surface area (TPSA) is 37.4 Å².